The van der Waals surface area contributed by atoms with Gasteiger partial charge in [0.1, 0.15) is 6.10 Å². The van der Waals surface area contributed by atoms with E-state index in [-0.39, 0.29) is 6.10 Å². The second-order valence-corrected chi connectivity index (χ2v) is 3.87. The minimum absolute atomic E-state index is 0.0830. The molecule has 0 bridgehead atoms. The van der Waals surface area contributed by atoms with Crippen LogP contribution in [-0.2, 0) is 9.53 Å². The number of halogens is 1. The molecule has 0 saturated heterocycles. The Morgan fingerprint density at radius 2 is 1.86 bits per heavy atom. The van der Waals surface area contributed by atoms with Gasteiger partial charge in [0.2, 0.25) is 0 Å². The fourth-order valence-corrected chi connectivity index (χ4v) is 1.64. The highest BCUT2D eigenvalue weighted by atomic mass is 35.5. The van der Waals surface area contributed by atoms with Crippen molar-refractivity contribution in [2.45, 2.75) is 58.0 Å². The van der Waals surface area contributed by atoms with E-state index in [1.165, 1.54) is 32.1 Å². The average Bonchev–Trinajstić information content (AvgIpc) is 2.21. The summed E-state index contributed by atoms with van der Waals surface area (Å²) in [6, 6.07) is 0. The van der Waals surface area contributed by atoms with Gasteiger partial charge in [-0.05, 0) is 12.8 Å². The van der Waals surface area contributed by atoms with Crippen molar-refractivity contribution in [3.8, 4) is 0 Å². The summed E-state index contributed by atoms with van der Waals surface area (Å²) >= 11 is 5.62. The molecule has 0 aromatic carbocycles. The van der Waals surface area contributed by atoms with Gasteiger partial charge in [-0.1, -0.05) is 39.0 Å². The number of ether oxygens (including phenoxy) is 1. The van der Waals surface area contributed by atoms with Crippen molar-refractivity contribution in [2.75, 3.05) is 5.88 Å². The van der Waals surface area contributed by atoms with Crippen molar-refractivity contribution in [2.24, 2.45) is 0 Å². The lowest BCUT2D eigenvalue weighted by Gasteiger charge is -2.10. The Hall–Kier alpha value is -0.240. The van der Waals surface area contributed by atoms with Crippen LogP contribution in [0.5, 0.6) is 0 Å². The van der Waals surface area contributed by atoms with Gasteiger partial charge in [0.15, 0.2) is 0 Å². The third-order valence-corrected chi connectivity index (χ3v) is 2.64. The maximum absolute atomic E-state index is 10.1. The van der Waals surface area contributed by atoms with E-state index < -0.39 is 0 Å². The number of alkyl halides is 1. The maximum Gasteiger partial charge on any atom is 0.293 e. The van der Waals surface area contributed by atoms with Gasteiger partial charge in [0.05, 0.1) is 5.88 Å². The van der Waals surface area contributed by atoms with Crippen LogP contribution in [-0.4, -0.2) is 18.5 Å². The van der Waals surface area contributed by atoms with Crippen LogP contribution >= 0.6 is 11.6 Å². The summed E-state index contributed by atoms with van der Waals surface area (Å²) in [7, 11) is 0. The van der Waals surface area contributed by atoms with Crippen LogP contribution in [0.3, 0.4) is 0 Å². The lowest BCUT2D eigenvalue weighted by atomic mass is 10.1. The van der Waals surface area contributed by atoms with Crippen LogP contribution in [0.4, 0.5) is 0 Å². The molecule has 2 nitrogen and oxygen atoms in total. The van der Waals surface area contributed by atoms with E-state index in [1.54, 1.807) is 0 Å². The van der Waals surface area contributed by atoms with E-state index in [9.17, 15) is 4.79 Å². The second kappa shape index (κ2) is 10.8. The first-order chi connectivity index (χ1) is 6.85. The third kappa shape index (κ3) is 8.36. The molecule has 84 valence electrons. The van der Waals surface area contributed by atoms with Gasteiger partial charge in [-0.2, -0.15) is 0 Å². The molecular weight excluding hydrogens is 200 g/mol. The van der Waals surface area contributed by atoms with Crippen LogP contribution < -0.4 is 0 Å². The van der Waals surface area contributed by atoms with Gasteiger partial charge in [0.25, 0.3) is 6.47 Å². The van der Waals surface area contributed by atoms with E-state index >= 15 is 0 Å². The fraction of sp³-hybridized carbons (Fsp3) is 0.909. The maximum atomic E-state index is 10.1. The Kier molecular flexibility index (Phi) is 10.7. The summed E-state index contributed by atoms with van der Waals surface area (Å²) in [5, 5.41) is 0. The second-order valence-electron chi connectivity index (χ2n) is 3.57. The number of hydrogen-bond acceptors (Lipinski definition) is 2. The number of carbonyl (C=O) groups is 1. The largest absolute Gasteiger partial charge is 0.463 e. The number of hydrogen-bond donors (Lipinski definition) is 0. The van der Waals surface area contributed by atoms with E-state index in [1.807, 2.05) is 0 Å². The summed E-state index contributed by atoms with van der Waals surface area (Å²) in [4.78, 5) is 10.1. The minimum atomic E-state index is -0.0830. The molecular formula is C11H21ClO2. The molecule has 0 N–H and O–H groups in total. The zero-order chi connectivity index (χ0) is 10.6. The first-order valence-corrected chi connectivity index (χ1v) is 6.03. The average molecular weight is 221 g/mol. The first kappa shape index (κ1) is 13.8. The quantitative estimate of drug-likeness (QED) is 0.320. The zero-order valence-corrected chi connectivity index (χ0v) is 9.76. The molecule has 0 heterocycles. The number of carbonyl (C=O) groups excluding carboxylic acids is 1. The molecule has 3 heteroatoms. The molecule has 0 amide bonds. The SMILES string of the molecule is CCCCCCCCC(CCl)OC=O. The summed E-state index contributed by atoms with van der Waals surface area (Å²) in [6.07, 6.45) is 8.34. The molecule has 0 aromatic heterocycles. The van der Waals surface area contributed by atoms with Crippen LogP contribution in [0.15, 0.2) is 0 Å². The lowest BCUT2D eigenvalue weighted by Crippen LogP contribution is -2.13. The van der Waals surface area contributed by atoms with Crippen LogP contribution in [0.2, 0.25) is 0 Å². The van der Waals surface area contributed by atoms with Gasteiger partial charge in [-0.3, -0.25) is 4.79 Å². The van der Waals surface area contributed by atoms with Gasteiger partial charge < -0.3 is 4.74 Å². The molecule has 0 radical (unpaired) electrons. The van der Waals surface area contributed by atoms with E-state index in [0.717, 1.165) is 12.8 Å². The van der Waals surface area contributed by atoms with Crippen LogP contribution in [0.1, 0.15) is 51.9 Å². The van der Waals surface area contributed by atoms with Crippen molar-refractivity contribution < 1.29 is 9.53 Å². The number of unbranched alkanes of at least 4 members (excludes halogenated alkanes) is 5. The molecule has 14 heavy (non-hydrogen) atoms. The Bertz CT molecular complexity index is 128. The van der Waals surface area contributed by atoms with Crippen molar-refractivity contribution in [3.63, 3.8) is 0 Å². The highest BCUT2D eigenvalue weighted by Crippen LogP contribution is 2.10. The van der Waals surface area contributed by atoms with Gasteiger partial charge >= 0.3 is 0 Å². The van der Waals surface area contributed by atoms with Crippen molar-refractivity contribution in [1.29, 1.82) is 0 Å². The normalized spacial score (nSPS) is 12.4. The van der Waals surface area contributed by atoms with Crippen molar-refractivity contribution >= 4 is 18.1 Å². The van der Waals surface area contributed by atoms with Crippen LogP contribution in [0, 0.1) is 0 Å². The lowest BCUT2D eigenvalue weighted by molar-refractivity contribution is -0.132. The zero-order valence-electron chi connectivity index (χ0n) is 9.01. The topological polar surface area (TPSA) is 26.3 Å². The summed E-state index contributed by atoms with van der Waals surface area (Å²) in [6.45, 7) is 2.70. The van der Waals surface area contributed by atoms with Crippen molar-refractivity contribution in [3.05, 3.63) is 0 Å². The predicted octanol–water partition coefficient (Wildman–Crippen LogP) is 3.52. The van der Waals surface area contributed by atoms with Gasteiger partial charge in [-0.25, -0.2) is 0 Å². The molecule has 1 atom stereocenters. The Labute approximate surface area is 92.0 Å². The van der Waals surface area contributed by atoms with Crippen LogP contribution in [0.25, 0.3) is 0 Å². The number of rotatable bonds is 10. The molecule has 0 fully saturated rings. The minimum Gasteiger partial charge on any atom is -0.463 e. The highest BCUT2D eigenvalue weighted by Gasteiger charge is 2.06. The van der Waals surface area contributed by atoms with E-state index in [4.69, 9.17) is 16.3 Å². The fourth-order valence-electron chi connectivity index (χ4n) is 1.41. The summed E-state index contributed by atoms with van der Waals surface area (Å²) in [5.41, 5.74) is 0. The molecule has 1 unspecified atom stereocenters. The highest BCUT2D eigenvalue weighted by molar-refractivity contribution is 6.18. The van der Waals surface area contributed by atoms with E-state index in [0.29, 0.717) is 12.4 Å². The Balaban J connectivity index is 3.19. The monoisotopic (exact) mass is 220 g/mol. The third-order valence-electron chi connectivity index (χ3n) is 2.30. The molecule has 0 aliphatic rings. The van der Waals surface area contributed by atoms with Gasteiger partial charge in [0, 0.05) is 0 Å². The molecule has 0 aromatic rings. The van der Waals surface area contributed by atoms with Gasteiger partial charge in [-0.15, -0.1) is 11.6 Å². The Morgan fingerprint density at radius 1 is 1.21 bits per heavy atom. The predicted molar refractivity (Wildman–Crippen MR) is 59.7 cm³/mol. The Morgan fingerprint density at radius 3 is 2.43 bits per heavy atom. The molecule has 0 saturated carbocycles. The molecule has 0 rings (SSSR count). The van der Waals surface area contributed by atoms with Crippen molar-refractivity contribution in [1.82, 2.24) is 0 Å². The standard InChI is InChI=1S/C11H21ClO2/c1-2-3-4-5-6-7-8-11(9-12)14-10-13/h10-11H,2-9H2,1H3. The molecule has 0 spiro atoms. The molecule has 0 aliphatic heterocycles. The van der Waals surface area contributed by atoms with E-state index in [2.05, 4.69) is 6.92 Å². The smallest absolute Gasteiger partial charge is 0.293 e. The summed E-state index contributed by atoms with van der Waals surface area (Å²) in [5.74, 6) is 0.410. The molecule has 0 aliphatic carbocycles. The first-order valence-electron chi connectivity index (χ1n) is 5.50. The summed E-state index contributed by atoms with van der Waals surface area (Å²) < 4.78 is 4.81.